The van der Waals surface area contributed by atoms with Gasteiger partial charge in [0.25, 0.3) is 0 Å². The number of aryl methyl sites for hydroxylation is 1. The molecule has 1 amide bonds. The maximum absolute atomic E-state index is 12.3. The molecule has 0 saturated carbocycles. The van der Waals surface area contributed by atoms with E-state index in [2.05, 4.69) is 11.4 Å². The second-order valence-corrected chi connectivity index (χ2v) is 6.18. The SMILES string of the molecule is Cc1ccc(CC(=O)Nc2ccccc2-c2cccs2)cc1. The Morgan fingerprint density at radius 2 is 1.77 bits per heavy atom. The van der Waals surface area contributed by atoms with Crippen LogP contribution in [0.4, 0.5) is 5.69 Å². The van der Waals surface area contributed by atoms with Gasteiger partial charge in [-0.15, -0.1) is 11.3 Å². The van der Waals surface area contributed by atoms with Crippen molar-refractivity contribution in [1.82, 2.24) is 0 Å². The standard InChI is InChI=1S/C19H17NOS/c1-14-8-10-15(11-9-14)13-19(21)20-17-6-3-2-5-16(17)18-7-4-12-22-18/h2-12H,13H2,1H3,(H,20,21). The molecule has 0 fully saturated rings. The number of anilines is 1. The first-order valence-corrected chi connectivity index (χ1v) is 8.08. The summed E-state index contributed by atoms with van der Waals surface area (Å²) in [5.74, 6) is 0.00728. The topological polar surface area (TPSA) is 29.1 Å². The van der Waals surface area contributed by atoms with Gasteiger partial charge in [0.15, 0.2) is 0 Å². The summed E-state index contributed by atoms with van der Waals surface area (Å²) in [5, 5.41) is 5.07. The number of para-hydroxylation sites is 1. The number of thiophene rings is 1. The molecule has 0 aliphatic rings. The van der Waals surface area contributed by atoms with Gasteiger partial charge in [-0.25, -0.2) is 0 Å². The molecule has 1 heterocycles. The van der Waals surface area contributed by atoms with Crippen LogP contribution in [0.2, 0.25) is 0 Å². The van der Waals surface area contributed by atoms with E-state index in [1.54, 1.807) is 11.3 Å². The summed E-state index contributed by atoms with van der Waals surface area (Å²) in [6.07, 6.45) is 0.388. The summed E-state index contributed by atoms with van der Waals surface area (Å²) in [5.41, 5.74) is 4.15. The van der Waals surface area contributed by atoms with Gasteiger partial charge >= 0.3 is 0 Å². The van der Waals surface area contributed by atoms with Gasteiger partial charge < -0.3 is 5.32 Å². The Labute approximate surface area is 134 Å². The molecule has 3 rings (SSSR count). The van der Waals surface area contributed by atoms with Gasteiger partial charge in [0.1, 0.15) is 0 Å². The lowest BCUT2D eigenvalue weighted by Gasteiger charge is -2.10. The van der Waals surface area contributed by atoms with Gasteiger partial charge in [0.05, 0.1) is 6.42 Å². The second kappa shape index (κ2) is 6.58. The van der Waals surface area contributed by atoms with Crippen LogP contribution < -0.4 is 5.32 Å². The molecule has 2 nitrogen and oxygen atoms in total. The van der Waals surface area contributed by atoms with Crippen LogP contribution in [0.25, 0.3) is 10.4 Å². The Morgan fingerprint density at radius 3 is 2.50 bits per heavy atom. The highest BCUT2D eigenvalue weighted by Crippen LogP contribution is 2.31. The van der Waals surface area contributed by atoms with Crippen molar-refractivity contribution >= 4 is 22.9 Å². The third kappa shape index (κ3) is 3.43. The van der Waals surface area contributed by atoms with E-state index in [-0.39, 0.29) is 5.91 Å². The number of hydrogen-bond donors (Lipinski definition) is 1. The molecule has 0 bridgehead atoms. The van der Waals surface area contributed by atoms with Crippen LogP contribution in [-0.2, 0) is 11.2 Å². The number of benzene rings is 2. The second-order valence-electron chi connectivity index (χ2n) is 5.23. The summed E-state index contributed by atoms with van der Waals surface area (Å²) in [6, 6.07) is 20.1. The summed E-state index contributed by atoms with van der Waals surface area (Å²) in [6.45, 7) is 2.04. The minimum atomic E-state index is 0.00728. The van der Waals surface area contributed by atoms with Crippen LogP contribution in [0.3, 0.4) is 0 Å². The molecular weight excluding hydrogens is 290 g/mol. The zero-order valence-electron chi connectivity index (χ0n) is 12.4. The molecule has 110 valence electrons. The largest absolute Gasteiger partial charge is 0.325 e. The van der Waals surface area contributed by atoms with Crippen LogP contribution in [0, 0.1) is 6.92 Å². The summed E-state index contributed by atoms with van der Waals surface area (Å²) in [7, 11) is 0. The zero-order chi connectivity index (χ0) is 15.4. The maximum atomic E-state index is 12.3. The molecule has 0 aliphatic heterocycles. The molecule has 1 N–H and O–H groups in total. The van der Waals surface area contributed by atoms with Crippen LogP contribution >= 0.6 is 11.3 Å². The number of amides is 1. The highest BCUT2D eigenvalue weighted by Gasteiger charge is 2.09. The summed E-state index contributed by atoms with van der Waals surface area (Å²) < 4.78 is 0. The van der Waals surface area contributed by atoms with Crippen molar-refractivity contribution < 1.29 is 4.79 Å². The molecule has 0 saturated heterocycles. The van der Waals surface area contributed by atoms with Gasteiger partial charge in [-0.1, -0.05) is 54.1 Å². The van der Waals surface area contributed by atoms with Crippen molar-refractivity contribution in [3.05, 3.63) is 77.2 Å². The smallest absolute Gasteiger partial charge is 0.228 e. The molecule has 1 aromatic heterocycles. The van der Waals surface area contributed by atoms with E-state index in [0.717, 1.165) is 21.7 Å². The summed E-state index contributed by atoms with van der Waals surface area (Å²) >= 11 is 1.67. The molecule has 0 aliphatic carbocycles. The summed E-state index contributed by atoms with van der Waals surface area (Å²) in [4.78, 5) is 13.4. The lowest BCUT2D eigenvalue weighted by Crippen LogP contribution is -2.14. The van der Waals surface area contributed by atoms with E-state index in [9.17, 15) is 4.79 Å². The van der Waals surface area contributed by atoms with Gasteiger partial charge in [-0.05, 0) is 30.0 Å². The average Bonchev–Trinajstić information content (AvgIpc) is 3.04. The predicted molar refractivity (Wildman–Crippen MR) is 93.3 cm³/mol. The van der Waals surface area contributed by atoms with Crippen LogP contribution in [0.5, 0.6) is 0 Å². The Hall–Kier alpha value is -2.39. The molecule has 0 atom stereocenters. The first kappa shape index (κ1) is 14.5. The molecule has 22 heavy (non-hydrogen) atoms. The lowest BCUT2D eigenvalue weighted by atomic mass is 10.1. The Balaban J connectivity index is 1.76. The fourth-order valence-electron chi connectivity index (χ4n) is 2.32. The highest BCUT2D eigenvalue weighted by molar-refractivity contribution is 7.13. The first-order chi connectivity index (χ1) is 10.7. The zero-order valence-corrected chi connectivity index (χ0v) is 13.2. The van der Waals surface area contributed by atoms with E-state index >= 15 is 0 Å². The Morgan fingerprint density at radius 1 is 1.00 bits per heavy atom. The third-order valence-electron chi connectivity index (χ3n) is 3.47. The molecule has 2 aromatic carbocycles. The molecular formula is C19H17NOS. The maximum Gasteiger partial charge on any atom is 0.228 e. The lowest BCUT2D eigenvalue weighted by molar-refractivity contribution is -0.115. The predicted octanol–water partition coefficient (Wildman–Crippen LogP) is 4.90. The number of carbonyl (C=O) groups excluding carboxylic acids is 1. The van der Waals surface area contributed by atoms with Crippen molar-refractivity contribution in [2.45, 2.75) is 13.3 Å². The minimum absolute atomic E-state index is 0.00728. The van der Waals surface area contributed by atoms with Gasteiger partial charge in [0, 0.05) is 16.1 Å². The third-order valence-corrected chi connectivity index (χ3v) is 4.38. The van der Waals surface area contributed by atoms with Gasteiger partial charge in [0.2, 0.25) is 5.91 Å². The number of rotatable bonds is 4. The monoisotopic (exact) mass is 307 g/mol. The molecule has 0 spiro atoms. The Bertz CT molecular complexity index is 760. The van der Waals surface area contributed by atoms with E-state index in [4.69, 9.17) is 0 Å². The van der Waals surface area contributed by atoms with Crippen molar-refractivity contribution in [3.8, 4) is 10.4 Å². The van der Waals surface area contributed by atoms with Crippen molar-refractivity contribution in [2.24, 2.45) is 0 Å². The van der Waals surface area contributed by atoms with E-state index in [1.165, 1.54) is 5.56 Å². The normalized spacial score (nSPS) is 10.4. The van der Waals surface area contributed by atoms with Gasteiger partial charge in [-0.2, -0.15) is 0 Å². The average molecular weight is 307 g/mol. The molecule has 0 radical (unpaired) electrons. The highest BCUT2D eigenvalue weighted by atomic mass is 32.1. The molecule has 3 aromatic rings. The van der Waals surface area contributed by atoms with E-state index < -0.39 is 0 Å². The first-order valence-electron chi connectivity index (χ1n) is 7.21. The van der Waals surface area contributed by atoms with Crippen molar-refractivity contribution in [2.75, 3.05) is 5.32 Å². The fraction of sp³-hybridized carbons (Fsp3) is 0.105. The Kier molecular flexibility index (Phi) is 4.35. The number of nitrogens with one attached hydrogen (secondary N) is 1. The van der Waals surface area contributed by atoms with E-state index in [0.29, 0.717) is 6.42 Å². The van der Waals surface area contributed by atoms with Gasteiger partial charge in [-0.3, -0.25) is 4.79 Å². The van der Waals surface area contributed by atoms with E-state index in [1.807, 2.05) is 66.9 Å². The number of carbonyl (C=O) groups is 1. The quantitative estimate of drug-likeness (QED) is 0.729. The fourth-order valence-corrected chi connectivity index (χ4v) is 3.09. The van der Waals surface area contributed by atoms with Crippen LogP contribution in [0.15, 0.2) is 66.0 Å². The van der Waals surface area contributed by atoms with Crippen LogP contribution in [0.1, 0.15) is 11.1 Å². The van der Waals surface area contributed by atoms with Crippen molar-refractivity contribution in [1.29, 1.82) is 0 Å². The molecule has 0 unspecified atom stereocenters. The molecule has 3 heteroatoms. The minimum Gasteiger partial charge on any atom is -0.325 e. The van der Waals surface area contributed by atoms with Crippen molar-refractivity contribution in [3.63, 3.8) is 0 Å². The van der Waals surface area contributed by atoms with Crippen LogP contribution in [-0.4, -0.2) is 5.91 Å². The number of hydrogen-bond acceptors (Lipinski definition) is 2.